The van der Waals surface area contributed by atoms with Crippen molar-refractivity contribution >= 4 is 36.4 Å². The van der Waals surface area contributed by atoms with Gasteiger partial charge in [0, 0.05) is 17.1 Å². The van der Waals surface area contributed by atoms with Crippen molar-refractivity contribution in [2.75, 3.05) is 33.3 Å². The fourth-order valence-electron chi connectivity index (χ4n) is 3.51. The number of nitrogens with zero attached hydrogens (tertiary/aromatic N) is 1. The summed E-state index contributed by atoms with van der Waals surface area (Å²) >= 11 is 5.98. The fourth-order valence-corrected chi connectivity index (χ4v) is 3.64. The minimum atomic E-state index is 0. The first-order valence-electron chi connectivity index (χ1n) is 11.6. The van der Waals surface area contributed by atoms with E-state index in [-0.39, 0.29) is 24.8 Å². The van der Waals surface area contributed by atoms with E-state index in [9.17, 15) is 0 Å². The van der Waals surface area contributed by atoms with Gasteiger partial charge in [-0.1, -0.05) is 62.6 Å². The second-order valence-corrected chi connectivity index (χ2v) is 8.38. The van der Waals surface area contributed by atoms with Gasteiger partial charge in [-0.15, -0.1) is 24.8 Å². The molecule has 4 nitrogen and oxygen atoms in total. The highest BCUT2D eigenvalue weighted by Gasteiger charge is 2.11. The molecule has 0 aromatic heterocycles. The molecule has 0 aliphatic carbocycles. The average molecular weight is 520 g/mol. The van der Waals surface area contributed by atoms with Gasteiger partial charge in [-0.05, 0) is 69.2 Å². The molecule has 0 aliphatic heterocycles. The molecule has 2 aromatic carbocycles. The number of para-hydroxylation sites is 1. The number of nitrogens with one attached hydrogen (secondary N) is 1. The zero-order valence-corrected chi connectivity index (χ0v) is 22.7. The molecule has 0 unspecified atom stereocenters. The summed E-state index contributed by atoms with van der Waals surface area (Å²) in [6.07, 6.45) is 6.24. The Morgan fingerprint density at radius 2 is 1.52 bits per heavy atom. The van der Waals surface area contributed by atoms with Gasteiger partial charge in [-0.2, -0.15) is 0 Å². The Balaban J connectivity index is 0.00000512. The first-order chi connectivity index (χ1) is 15.2. The third-order valence-corrected chi connectivity index (χ3v) is 5.63. The van der Waals surface area contributed by atoms with E-state index >= 15 is 0 Å². The molecule has 188 valence electrons. The zero-order chi connectivity index (χ0) is 22.3. The van der Waals surface area contributed by atoms with Crippen LogP contribution in [0, 0.1) is 0 Å². The molecule has 0 fully saturated rings. The molecule has 0 atom stereocenters. The van der Waals surface area contributed by atoms with Crippen molar-refractivity contribution in [2.45, 2.75) is 59.1 Å². The van der Waals surface area contributed by atoms with E-state index in [1.165, 1.54) is 38.8 Å². The fraction of sp³-hybridized carbons (Fsp3) is 0.538. The van der Waals surface area contributed by atoms with Gasteiger partial charge in [0.15, 0.2) is 11.5 Å². The van der Waals surface area contributed by atoms with Crippen LogP contribution in [0.15, 0.2) is 42.5 Å². The lowest BCUT2D eigenvalue weighted by molar-refractivity contribution is 0.260. The van der Waals surface area contributed by atoms with Crippen molar-refractivity contribution in [3.05, 3.63) is 58.6 Å². The van der Waals surface area contributed by atoms with Crippen LogP contribution >= 0.6 is 36.4 Å². The molecule has 0 saturated carbocycles. The monoisotopic (exact) mass is 518 g/mol. The molecule has 2 aromatic rings. The van der Waals surface area contributed by atoms with Gasteiger partial charge in [-0.25, -0.2) is 0 Å². The number of unbranched alkanes of at least 4 members (excludes halogenated alkanes) is 2. The Morgan fingerprint density at radius 3 is 2.12 bits per heavy atom. The molecule has 0 bridgehead atoms. The van der Waals surface area contributed by atoms with Crippen molar-refractivity contribution in [3.8, 4) is 11.5 Å². The lowest BCUT2D eigenvalue weighted by atomic mass is 10.1. The Bertz CT molecular complexity index is 737. The van der Waals surface area contributed by atoms with Crippen LogP contribution in [0.4, 0.5) is 0 Å². The second kappa shape index (κ2) is 19.2. The van der Waals surface area contributed by atoms with Gasteiger partial charge >= 0.3 is 0 Å². The number of ether oxygens (including phenoxy) is 2. The third kappa shape index (κ3) is 12.2. The van der Waals surface area contributed by atoms with E-state index in [1.807, 2.05) is 36.4 Å². The Morgan fingerprint density at radius 1 is 0.879 bits per heavy atom. The Kier molecular flexibility index (Phi) is 18.5. The maximum Gasteiger partial charge on any atom is 0.166 e. The van der Waals surface area contributed by atoms with Crippen LogP contribution in [0.1, 0.15) is 57.1 Å². The summed E-state index contributed by atoms with van der Waals surface area (Å²) < 4.78 is 11.7. The van der Waals surface area contributed by atoms with Crippen molar-refractivity contribution < 1.29 is 9.47 Å². The molecule has 0 aliphatic rings. The predicted octanol–water partition coefficient (Wildman–Crippen LogP) is 7.15. The summed E-state index contributed by atoms with van der Waals surface area (Å²) in [7, 11) is 1.68. The molecule has 0 heterocycles. The smallest absolute Gasteiger partial charge is 0.166 e. The van der Waals surface area contributed by atoms with E-state index in [2.05, 4.69) is 30.1 Å². The van der Waals surface area contributed by atoms with Crippen molar-refractivity contribution in [1.29, 1.82) is 0 Å². The molecule has 1 N–H and O–H groups in total. The third-order valence-electron chi connectivity index (χ3n) is 5.38. The van der Waals surface area contributed by atoms with Gasteiger partial charge in [0.1, 0.15) is 6.61 Å². The van der Waals surface area contributed by atoms with E-state index in [0.29, 0.717) is 6.61 Å². The molecule has 2 rings (SSSR count). The Hall–Kier alpha value is -1.17. The van der Waals surface area contributed by atoms with Crippen LogP contribution in [0.25, 0.3) is 0 Å². The van der Waals surface area contributed by atoms with Gasteiger partial charge in [0.25, 0.3) is 0 Å². The quantitative estimate of drug-likeness (QED) is 0.239. The summed E-state index contributed by atoms with van der Waals surface area (Å²) in [5.41, 5.74) is 2.19. The summed E-state index contributed by atoms with van der Waals surface area (Å²) in [5.74, 6) is 1.57. The molecule has 0 saturated heterocycles. The molecular weight excluding hydrogens is 479 g/mol. The molecular formula is C26H41Cl3N2O2. The summed E-state index contributed by atoms with van der Waals surface area (Å²) in [6, 6.07) is 13.8. The highest BCUT2D eigenvalue weighted by Crippen LogP contribution is 2.32. The van der Waals surface area contributed by atoms with E-state index < -0.39 is 0 Å². The molecule has 33 heavy (non-hydrogen) atoms. The number of benzene rings is 2. The minimum absolute atomic E-state index is 0. The normalized spacial score (nSPS) is 10.5. The first-order valence-corrected chi connectivity index (χ1v) is 12.0. The lowest BCUT2D eigenvalue weighted by Crippen LogP contribution is -2.29. The number of rotatable bonds is 16. The van der Waals surface area contributed by atoms with Crippen LogP contribution in [0.2, 0.25) is 5.02 Å². The van der Waals surface area contributed by atoms with Crippen molar-refractivity contribution in [3.63, 3.8) is 0 Å². The van der Waals surface area contributed by atoms with Gasteiger partial charge in [0.05, 0.1) is 7.11 Å². The van der Waals surface area contributed by atoms with Crippen molar-refractivity contribution in [1.82, 2.24) is 10.2 Å². The average Bonchev–Trinajstić information content (AvgIpc) is 2.79. The highest BCUT2D eigenvalue weighted by atomic mass is 35.5. The van der Waals surface area contributed by atoms with Crippen molar-refractivity contribution in [2.24, 2.45) is 0 Å². The zero-order valence-electron chi connectivity index (χ0n) is 20.3. The SMILES string of the molecule is CCCCN(CCCC)CCCNCc1cccc(OC)c1OCc1ccc(Cl)cc1.Cl.Cl. The van der Waals surface area contributed by atoms with Crippen LogP contribution in [0.5, 0.6) is 11.5 Å². The first kappa shape index (κ1) is 31.8. The standard InChI is InChI=1S/C26H39ClN2O2.2ClH/c1-4-6-17-29(18-7-5-2)19-9-16-28-20-23-10-8-11-25(30-3)26(23)31-21-22-12-14-24(27)15-13-22;;/h8,10-15,28H,4-7,9,16-21H2,1-3H3;2*1H. The number of hydrogen-bond acceptors (Lipinski definition) is 4. The van der Waals surface area contributed by atoms with Gasteiger partial charge < -0.3 is 19.7 Å². The number of hydrogen-bond donors (Lipinski definition) is 1. The maximum absolute atomic E-state index is 6.15. The summed E-state index contributed by atoms with van der Waals surface area (Å²) in [6.45, 7) is 10.4. The van der Waals surface area contributed by atoms with E-state index in [0.717, 1.165) is 53.7 Å². The summed E-state index contributed by atoms with van der Waals surface area (Å²) in [5, 5.41) is 4.32. The van der Waals surface area contributed by atoms with Crippen LogP contribution in [-0.4, -0.2) is 38.2 Å². The lowest BCUT2D eigenvalue weighted by Gasteiger charge is -2.22. The topological polar surface area (TPSA) is 33.7 Å². The minimum Gasteiger partial charge on any atom is -0.493 e. The second-order valence-electron chi connectivity index (χ2n) is 7.94. The largest absolute Gasteiger partial charge is 0.493 e. The number of halogens is 3. The number of methoxy groups -OCH3 is 1. The molecule has 0 spiro atoms. The van der Waals surface area contributed by atoms with Gasteiger partial charge in [0.2, 0.25) is 0 Å². The molecule has 7 heteroatoms. The summed E-state index contributed by atoms with van der Waals surface area (Å²) in [4.78, 5) is 2.61. The molecule has 0 radical (unpaired) electrons. The highest BCUT2D eigenvalue weighted by molar-refractivity contribution is 6.30. The van der Waals surface area contributed by atoms with Gasteiger partial charge in [-0.3, -0.25) is 0 Å². The maximum atomic E-state index is 6.15. The van der Waals surface area contributed by atoms with Crippen LogP contribution in [-0.2, 0) is 13.2 Å². The Labute approximate surface area is 218 Å². The van der Waals surface area contributed by atoms with Crippen LogP contribution in [0.3, 0.4) is 0 Å². The van der Waals surface area contributed by atoms with Crippen LogP contribution < -0.4 is 14.8 Å². The predicted molar refractivity (Wildman–Crippen MR) is 146 cm³/mol. The van der Waals surface area contributed by atoms with E-state index in [1.54, 1.807) is 7.11 Å². The molecule has 0 amide bonds. The van der Waals surface area contributed by atoms with E-state index in [4.69, 9.17) is 21.1 Å².